The van der Waals surface area contributed by atoms with Crippen LogP contribution in [-0.2, 0) is 10.5 Å². The molecule has 0 spiro atoms. The average molecular weight is 301 g/mol. The van der Waals surface area contributed by atoms with Gasteiger partial charge in [-0.1, -0.05) is 11.6 Å². The Morgan fingerprint density at radius 2 is 2.22 bits per heavy atom. The predicted octanol–water partition coefficient (Wildman–Crippen LogP) is 3.76. The summed E-state index contributed by atoms with van der Waals surface area (Å²) >= 11 is 9.67. The Labute approximate surface area is 119 Å². The zero-order chi connectivity index (χ0) is 12.4. The SMILES string of the molecule is Clc1nc(CSC2CCOCC2)nc2sccc12. The summed E-state index contributed by atoms with van der Waals surface area (Å²) in [5.74, 6) is 1.67. The molecule has 96 valence electrons. The standard InChI is InChI=1S/C12H13ClN2OS2/c13-11-9-3-6-17-12(9)15-10(14-11)7-18-8-1-4-16-5-2-8/h3,6,8H,1-2,4-5,7H2. The zero-order valence-electron chi connectivity index (χ0n) is 9.76. The number of nitrogens with zero attached hydrogens (tertiary/aromatic N) is 2. The molecular weight excluding hydrogens is 288 g/mol. The van der Waals surface area contributed by atoms with E-state index in [1.165, 1.54) is 0 Å². The average Bonchev–Trinajstić information content (AvgIpc) is 2.86. The highest BCUT2D eigenvalue weighted by Gasteiger charge is 2.15. The first-order valence-electron chi connectivity index (χ1n) is 5.92. The van der Waals surface area contributed by atoms with Gasteiger partial charge in [-0.05, 0) is 24.3 Å². The molecule has 0 bridgehead atoms. The second-order valence-electron chi connectivity index (χ2n) is 4.19. The van der Waals surface area contributed by atoms with Crippen molar-refractivity contribution in [2.24, 2.45) is 0 Å². The van der Waals surface area contributed by atoms with E-state index < -0.39 is 0 Å². The van der Waals surface area contributed by atoms with Crippen molar-refractivity contribution in [1.29, 1.82) is 0 Å². The summed E-state index contributed by atoms with van der Waals surface area (Å²) in [7, 11) is 0. The molecule has 2 aromatic rings. The van der Waals surface area contributed by atoms with Gasteiger partial charge in [0.1, 0.15) is 15.8 Å². The van der Waals surface area contributed by atoms with Crippen molar-refractivity contribution in [3.63, 3.8) is 0 Å². The highest BCUT2D eigenvalue weighted by Crippen LogP contribution is 2.28. The van der Waals surface area contributed by atoms with Gasteiger partial charge in [0.05, 0.1) is 5.75 Å². The lowest BCUT2D eigenvalue weighted by Crippen LogP contribution is -2.17. The van der Waals surface area contributed by atoms with Crippen LogP contribution in [0.1, 0.15) is 18.7 Å². The van der Waals surface area contributed by atoms with Gasteiger partial charge in [0.25, 0.3) is 0 Å². The van der Waals surface area contributed by atoms with Gasteiger partial charge >= 0.3 is 0 Å². The number of rotatable bonds is 3. The van der Waals surface area contributed by atoms with Gasteiger partial charge in [0, 0.05) is 23.8 Å². The maximum Gasteiger partial charge on any atom is 0.141 e. The van der Waals surface area contributed by atoms with E-state index in [1.54, 1.807) is 11.3 Å². The maximum atomic E-state index is 6.15. The first-order valence-corrected chi connectivity index (χ1v) is 8.22. The van der Waals surface area contributed by atoms with Gasteiger partial charge in [0.15, 0.2) is 0 Å². The largest absolute Gasteiger partial charge is 0.381 e. The van der Waals surface area contributed by atoms with Crippen molar-refractivity contribution in [1.82, 2.24) is 9.97 Å². The lowest BCUT2D eigenvalue weighted by molar-refractivity contribution is 0.1000. The topological polar surface area (TPSA) is 35.0 Å². The Bertz CT molecular complexity index is 540. The molecule has 3 rings (SSSR count). The fourth-order valence-electron chi connectivity index (χ4n) is 1.96. The van der Waals surface area contributed by atoms with Crippen LogP contribution in [0.4, 0.5) is 0 Å². The molecule has 0 radical (unpaired) electrons. The quantitative estimate of drug-likeness (QED) is 0.809. The summed E-state index contributed by atoms with van der Waals surface area (Å²) in [6.45, 7) is 1.76. The van der Waals surface area contributed by atoms with E-state index in [0.717, 1.165) is 47.8 Å². The highest BCUT2D eigenvalue weighted by atomic mass is 35.5. The fourth-order valence-corrected chi connectivity index (χ4v) is 4.09. The molecule has 3 nitrogen and oxygen atoms in total. The number of hydrogen-bond donors (Lipinski definition) is 0. The summed E-state index contributed by atoms with van der Waals surface area (Å²) in [5, 5.41) is 4.20. The minimum Gasteiger partial charge on any atom is -0.381 e. The normalized spacial score (nSPS) is 17.4. The zero-order valence-corrected chi connectivity index (χ0v) is 12.2. The molecule has 0 unspecified atom stereocenters. The summed E-state index contributed by atoms with van der Waals surface area (Å²) in [5.41, 5.74) is 0. The summed E-state index contributed by atoms with van der Waals surface area (Å²) in [4.78, 5) is 9.90. The van der Waals surface area contributed by atoms with Crippen molar-refractivity contribution in [2.45, 2.75) is 23.8 Å². The van der Waals surface area contributed by atoms with Crippen molar-refractivity contribution in [3.8, 4) is 0 Å². The lowest BCUT2D eigenvalue weighted by Gasteiger charge is -2.21. The van der Waals surface area contributed by atoms with Crippen LogP contribution >= 0.6 is 34.7 Å². The van der Waals surface area contributed by atoms with Crippen molar-refractivity contribution < 1.29 is 4.74 Å². The molecule has 1 aliphatic rings. The number of ether oxygens (including phenoxy) is 1. The van der Waals surface area contributed by atoms with Gasteiger partial charge in [-0.15, -0.1) is 11.3 Å². The first kappa shape index (κ1) is 12.7. The molecule has 2 aromatic heterocycles. The van der Waals surface area contributed by atoms with Gasteiger partial charge < -0.3 is 4.74 Å². The molecule has 0 atom stereocenters. The van der Waals surface area contributed by atoms with Crippen molar-refractivity contribution in [3.05, 3.63) is 22.4 Å². The maximum absolute atomic E-state index is 6.15. The number of thioether (sulfide) groups is 1. The molecular formula is C12H13ClN2OS2. The molecule has 0 aliphatic carbocycles. The van der Waals surface area contributed by atoms with Crippen LogP contribution in [-0.4, -0.2) is 28.4 Å². The monoisotopic (exact) mass is 300 g/mol. The minimum absolute atomic E-state index is 0.573. The number of hydrogen-bond acceptors (Lipinski definition) is 5. The number of thiophene rings is 1. The molecule has 0 amide bonds. The van der Waals surface area contributed by atoms with E-state index in [0.29, 0.717) is 10.4 Å². The van der Waals surface area contributed by atoms with E-state index >= 15 is 0 Å². The van der Waals surface area contributed by atoms with Crippen LogP contribution in [0, 0.1) is 0 Å². The molecule has 6 heteroatoms. The van der Waals surface area contributed by atoms with Crippen molar-refractivity contribution in [2.75, 3.05) is 13.2 Å². The first-order chi connectivity index (χ1) is 8.83. The number of aromatic nitrogens is 2. The van der Waals surface area contributed by atoms with Crippen molar-refractivity contribution >= 4 is 44.9 Å². The fraction of sp³-hybridized carbons (Fsp3) is 0.500. The van der Waals surface area contributed by atoms with Crippen LogP contribution < -0.4 is 0 Å². The Kier molecular flexibility index (Phi) is 4.03. The van der Waals surface area contributed by atoms with E-state index in [2.05, 4.69) is 9.97 Å². The van der Waals surface area contributed by atoms with Gasteiger partial charge in [-0.25, -0.2) is 9.97 Å². The highest BCUT2D eigenvalue weighted by molar-refractivity contribution is 7.99. The van der Waals surface area contributed by atoms with Crippen LogP contribution in [0.25, 0.3) is 10.2 Å². The Morgan fingerprint density at radius 1 is 1.39 bits per heavy atom. The molecule has 0 N–H and O–H groups in total. The number of halogens is 1. The van der Waals surface area contributed by atoms with Crippen LogP contribution in [0.5, 0.6) is 0 Å². The molecule has 0 aromatic carbocycles. The summed E-state index contributed by atoms with van der Waals surface area (Å²) in [6, 6.07) is 1.97. The summed E-state index contributed by atoms with van der Waals surface area (Å²) in [6.07, 6.45) is 2.25. The van der Waals surface area contributed by atoms with E-state index in [4.69, 9.17) is 16.3 Å². The minimum atomic E-state index is 0.573. The third kappa shape index (κ3) is 2.79. The Balaban J connectivity index is 1.70. The molecule has 1 fully saturated rings. The second-order valence-corrected chi connectivity index (χ2v) is 6.73. The molecule has 1 aliphatic heterocycles. The van der Waals surface area contributed by atoms with E-state index in [1.807, 2.05) is 23.2 Å². The molecule has 3 heterocycles. The van der Waals surface area contributed by atoms with E-state index in [9.17, 15) is 0 Å². The molecule has 1 saturated heterocycles. The predicted molar refractivity (Wildman–Crippen MR) is 77.6 cm³/mol. The van der Waals surface area contributed by atoms with Crippen LogP contribution in [0.3, 0.4) is 0 Å². The second kappa shape index (κ2) is 5.74. The Morgan fingerprint density at radius 3 is 3.06 bits per heavy atom. The van der Waals surface area contributed by atoms with E-state index in [-0.39, 0.29) is 0 Å². The van der Waals surface area contributed by atoms with Gasteiger partial charge in [-0.3, -0.25) is 0 Å². The third-order valence-corrected chi connectivity index (χ3v) is 5.40. The lowest BCUT2D eigenvalue weighted by atomic mass is 10.2. The Hall–Kier alpha value is -0.360. The summed E-state index contributed by atoms with van der Waals surface area (Å²) < 4.78 is 5.35. The smallest absolute Gasteiger partial charge is 0.141 e. The molecule has 18 heavy (non-hydrogen) atoms. The number of fused-ring (bicyclic) bond motifs is 1. The van der Waals surface area contributed by atoms with Gasteiger partial charge in [-0.2, -0.15) is 11.8 Å². The third-order valence-electron chi connectivity index (χ3n) is 2.94. The van der Waals surface area contributed by atoms with Crippen LogP contribution in [0.2, 0.25) is 5.15 Å². The molecule has 0 saturated carbocycles. The van der Waals surface area contributed by atoms with Gasteiger partial charge in [0.2, 0.25) is 0 Å². The van der Waals surface area contributed by atoms with Crippen LogP contribution in [0.15, 0.2) is 11.4 Å².